The quantitative estimate of drug-likeness (QED) is 0.584. The fraction of sp³-hybridized carbons (Fsp3) is 0.550. The topological polar surface area (TPSA) is 82.3 Å². The maximum atomic E-state index is 5.43. The van der Waals surface area contributed by atoms with E-state index in [0.717, 1.165) is 83.0 Å². The van der Waals surface area contributed by atoms with Gasteiger partial charge in [0.25, 0.3) is 0 Å². The molecule has 2 aromatic rings. The molecule has 0 spiro atoms. The highest BCUT2D eigenvalue weighted by molar-refractivity contribution is 5.80. The molecule has 2 aliphatic rings. The molecule has 2 aliphatic heterocycles. The molecule has 4 heterocycles. The second kappa shape index (κ2) is 9.71. The minimum absolute atomic E-state index is 0.728. The van der Waals surface area contributed by atoms with E-state index in [4.69, 9.17) is 9.26 Å². The van der Waals surface area contributed by atoms with Gasteiger partial charge < -0.3 is 24.4 Å². The Morgan fingerprint density at radius 3 is 2.69 bits per heavy atom. The van der Waals surface area contributed by atoms with Crippen LogP contribution in [0.3, 0.4) is 0 Å². The molecule has 9 nitrogen and oxygen atoms in total. The third kappa shape index (κ3) is 5.24. The first kappa shape index (κ1) is 19.7. The number of nitrogens with zero attached hydrogens (tertiary/aromatic N) is 6. The van der Waals surface area contributed by atoms with Crippen LogP contribution in [0.15, 0.2) is 40.2 Å². The molecule has 0 radical (unpaired) electrons. The molecule has 2 fully saturated rings. The fourth-order valence-corrected chi connectivity index (χ4v) is 3.72. The Morgan fingerprint density at radius 1 is 1.14 bits per heavy atom. The lowest BCUT2D eigenvalue weighted by molar-refractivity contribution is 0.122. The summed E-state index contributed by atoms with van der Waals surface area (Å²) in [4.78, 5) is 16.0. The van der Waals surface area contributed by atoms with Crippen LogP contribution in [0.4, 0.5) is 5.82 Å². The molecule has 29 heavy (non-hydrogen) atoms. The predicted molar refractivity (Wildman–Crippen MR) is 111 cm³/mol. The monoisotopic (exact) mass is 399 g/mol. The summed E-state index contributed by atoms with van der Waals surface area (Å²) in [5.41, 5.74) is 2.18. The van der Waals surface area contributed by atoms with Crippen LogP contribution in [0.1, 0.15) is 11.3 Å². The van der Waals surface area contributed by atoms with Gasteiger partial charge in [-0.25, -0.2) is 4.98 Å². The SMILES string of the molecule is CN=C(NCc1ccnc(N2CCOCC2)c1)N1CCN(Cc2ccon2)CC1. The molecule has 1 N–H and O–H groups in total. The van der Waals surface area contributed by atoms with E-state index in [0.29, 0.717) is 0 Å². The molecule has 0 saturated carbocycles. The van der Waals surface area contributed by atoms with Crippen molar-refractivity contribution >= 4 is 11.8 Å². The van der Waals surface area contributed by atoms with Gasteiger partial charge in [-0.3, -0.25) is 9.89 Å². The maximum Gasteiger partial charge on any atom is 0.194 e. The number of aromatic nitrogens is 2. The van der Waals surface area contributed by atoms with Gasteiger partial charge in [0.1, 0.15) is 12.1 Å². The van der Waals surface area contributed by atoms with E-state index >= 15 is 0 Å². The number of rotatable bonds is 5. The Balaban J connectivity index is 1.27. The van der Waals surface area contributed by atoms with E-state index in [1.54, 1.807) is 6.26 Å². The Labute approximate surface area is 171 Å². The van der Waals surface area contributed by atoms with Crippen molar-refractivity contribution in [3.63, 3.8) is 0 Å². The molecule has 2 saturated heterocycles. The lowest BCUT2D eigenvalue weighted by Gasteiger charge is -2.36. The Morgan fingerprint density at radius 2 is 1.97 bits per heavy atom. The summed E-state index contributed by atoms with van der Waals surface area (Å²) in [6.45, 7) is 8.70. The van der Waals surface area contributed by atoms with Crippen LogP contribution in [0.5, 0.6) is 0 Å². The van der Waals surface area contributed by atoms with Crippen LogP contribution in [0.2, 0.25) is 0 Å². The van der Waals surface area contributed by atoms with Gasteiger partial charge >= 0.3 is 0 Å². The number of aliphatic imine (C=N–C) groups is 1. The van der Waals surface area contributed by atoms with Gasteiger partial charge in [-0.05, 0) is 17.7 Å². The van der Waals surface area contributed by atoms with Gasteiger partial charge in [-0.1, -0.05) is 5.16 Å². The molecular formula is C20H29N7O2. The minimum atomic E-state index is 0.728. The molecule has 0 atom stereocenters. The number of guanidine groups is 1. The van der Waals surface area contributed by atoms with Crippen molar-refractivity contribution in [3.8, 4) is 0 Å². The summed E-state index contributed by atoms with van der Waals surface area (Å²) in [5, 5.41) is 7.51. The second-order valence-electron chi connectivity index (χ2n) is 7.28. The molecule has 0 aromatic carbocycles. The largest absolute Gasteiger partial charge is 0.378 e. The molecule has 0 aliphatic carbocycles. The predicted octanol–water partition coefficient (Wildman–Crippen LogP) is 0.799. The van der Waals surface area contributed by atoms with Crippen LogP contribution >= 0.6 is 0 Å². The zero-order valence-electron chi connectivity index (χ0n) is 17.0. The number of morpholine rings is 1. The Kier molecular flexibility index (Phi) is 6.58. The molecule has 4 rings (SSSR count). The molecule has 0 unspecified atom stereocenters. The molecular weight excluding hydrogens is 370 g/mol. The number of pyridine rings is 1. The molecule has 0 amide bonds. The zero-order valence-corrected chi connectivity index (χ0v) is 17.0. The van der Waals surface area contributed by atoms with Crippen LogP contribution < -0.4 is 10.2 Å². The molecule has 2 aromatic heterocycles. The third-order valence-electron chi connectivity index (χ3n) is 5.36. The van der Waals surface area contributed by atoms with Gasteiger partial charge in [0.15, 0.2) is 5.96 Å². The van der Waals surface area contributed by atoms with Crippen LogP contribution in [-0.4, -0.2) is 85.4 Å². The van der Waals surface area contributed by atoms with E-state index in [2.05, 4.69) is 47.3 Å². The third-order valence-corrected chi connectivity index (χ3v) is 5.36. The van der Waals surface area contributed by atoms with Gasteiger partial charge in [-0.2, -0.15) is 0 Å². The lowest BCUT2D eigenvalue weighted by Crippen LogP contribution is -2.52. The van der Waals surface area contributed by atoms with E-state index < -0.39 is 0 Å². The number of anilines is 1. The average Bonchev–Trinajstić information content (AvgIpc) is 3.29. The lowest BCUT2D eigenvalue weighted by atomic mass is 10.2. The average molecular weight is 399 g/mol. The van der Waals surface area contributed by atoms with E-state index in [1.807, 2.05) is 19.3 Å². The molecule has 9 heteroatoms. The standard InChI is InChI=1S/C20H29N7O2/c1-21-20(27-7-5-25(6-8-27)16-18-3-11-29-24-18)23-15-17-2-4-22-19(14-17)26-9-12-28-13-10-26/h2-4,11,14H,5-10,12-13,15-16H2,1H3,(H,21,23). The number of piperazine rings is 1. The van der Waals surface area contributed by atoms with E-state index in [1.165, 1.54) is 5.56 Å². The van der Waals surface area contributed by atoms with Crippen molar-refractivity contribution in [1.29, 1.82) is 0 Å². The highest BCUT2D eigenvalue weighted by Crippen LogP contribution is 2.14. The summed E-state index contributed by atoms with van der Waals surface area (Å²) >= 11 is 0. The normalized spacial score (nSPS) is 18.9. The first-order valence-corrected chi connectivity index (χ1v) is 10.2. The van der Waals surface area contributed by atoms with E-state index in [9.17, 15) is 0 Å². The summed E-state index contributed by atoms with van der Waals surface area (Å²) in [7, 11) is 1.84. The smallest absolute Gasteiger partial charge is 0.194 e. The van der Waals surface area contributed by atoms with Crippen LogP contribution in [0.25, 0.3) is 0 Å². The summed E-state index contributed by atoms with van der Waals surface area (Å²) in [5.74, 6) is 1.96. The number of hydrogen-bond donors (Lipinski definition) is 1. The van der Waals surface area contributed by atoms with Crippen LogP contribution in [0, 0.1) is 0 Å². The molecule has 0 bridgehead atoms. The second-order valence-corrected chi connectivity index (χ2v) is 7.28. The summed E-state index contributed by atoms with van der Waals surface area (Å²) in [6, 6.07) is 6.13. The number of hydrogen-bond acceptors (Lipinski definition) is 7. The number of ether oxygens (including phenoxy) is 1. The first-order valence-electron chi connectivity index (χ1n) is 10.2. The van der Waals surface area contributed by atoms with Crippen LogP contribution in [-0.2, 0) is 17.8 Å². The zero-order chi connectivity index (χ0) is 19.9. The van der Waals surface area contributed by atoms with Gasteiger partial charge in [0, 0.05) is 71.7 Å². The summed E-state index contributed by atoms with van der Waals surface area (Å²) in [6.07, 6.45) is 3.51. The maximum absolute atomic E-state index is 5.43. The highest BCUT2D eigenvalue weighted by atomic mass is 16.5. The fourth-order valence-electron chi connectivity index (χ4n) is 3.72. The van der Waals surface area contributed by atoms with Crippen molar-refractivity contribution in [2.75, 3.05) is 64.4 Å². The van der Waals surface area contributed by atoms with Gasteiger partial charge in [0.05, 0.1) is 18.9 Å². The first-order chi connectivity index (χ1) is 14.3. The van der Waals surface area contributed by atoms with Crippen molar-refractivity contribution < 1.29 is 9.26 Å². The van der Waals surface area contributed by atoms with Crippen molar-refractivity contribution in [2.45, 2.75) is 13.1 Å². The molecule has 156 valence electrons. The number of nitrogens with one attached hydrogen (secondary N) is 1. The van der Waals surface area contributed by atoms with Crippen molar-refractivity contribution in [3.05, 3.63) is 41.9 Å². The highest BCUT2D eigenvalue weighted by Gasteiger charge is 2.20. The Bertz CT molecular complexity index is 782. The van der Waals surface area contributed by atoms with E-state index in [-0.39, 0.29) is 0 Å². The van der Waals surface area contributed by atoms with Gasteiger partial charge in [-0.15, -0.1) is 0 Å². The minimum Gasteiger partial charge on any atom is -0.378 e. The van der Waals surface area contributed by atoms with Crippen molar-refractivity contribution in [1.82, 2.24) is 25.3 Å². The summed E-state index contributed by atoms with van der Waals surface area (Å²) < 4.78 is 10.4. The van der Waals surface area contributed by atoms with Crippen molar-refractivity contribution in [2.24, 2.45) is 4.99 Å². The Hall–Kier alpha value is -2.65. The van der Waals surface area contributed by atoms with Gasteiger partial charge in [0.2, 0.25) is 0 Å².